The molecule has 1 unspecified atom stereocenters. The van der Waals surface area contributed by atoms with Gasteiger partial charge < -0.3 is 14.6 Å². The van der Waals surface area contributed by atoms with Crippen LogP contribution in [0.15, 0.2) is 18.2 Å². The molecule has 4 nitrogen and oxygen atoms in total. The van der Waals surface area contributed by atoms with Crippen LogP contribution in [0.1, 0.15) is 18.6 Å². The first-order chi connectivity index (χ1) is 7.54. The van der Waals surface area contributed by atoms with E-state index in [1.165, 1.54) is 26.2 Å². The highest BCUT2D eigenvalue weighted by Gasteiger charge is 2.12. The average molecular weight is 228 g/mol. The van der Waals surface area contributed by atoms with Gasteiger partial charge in [0.2, 0.25) is 0 Å². The maximum atomic E-state index is 12.9. The van der Waals surface area contributed by atoms with Crippen molar-refractivity contribution in [2.45, 2.75) is 13.0 Å². The molecule has 0 spiro atoms. The van der Waals surface area contributed by atoms with E-state index in [4.69, 9.17) is 4.74 Å². The Kier molecular flexibility index (Phi) is 4.25. The first kappa shape index (κ1) is 12.4. The predicted octanol–water partition coefficient (Wildman–Crippen LogP) is 1.43. The molecule has 88 valence electrons. The van der Waals surface area contributed by atoms with Gasteiger partial charge in [-0.3, -0.25) is 0 Å². The van der Waals surface area contributed by atoms with E-state index in [2.05, 4.69) is 4.74 Å². The molecular formula is C11H13FO4. The lowest BCUT2D eigenvalue weighted by Gasteiger charge is -2.12. The van der Waals surface area contributed by atoms with Crippen LogP contribution in [0, 0.1) is 5.82 Å². The van der Waals surface area contributed by atoms with Crippen molar-refractivity contribution < 1.29 is 23.8 Å². The lowest BCUT2D eigenvalue weighted by atomic mass is 10.1. The Morgan fingerprint density at radius 2 is 2.25 bits per heavy atom. The number of hydrogen-bond donors (Lipinski definition) is 1. The van der Waals surface area contributed by atoms with Gasteiger partial charge in [0.25, 0.3) is 0 Å². The first-order valence-electron chi connectivity index (χ1n) is 4.71. The number of carbonyl (C=O) groups excluding carboxylic acids is 1. The van der Waals surface area contributed by atoms with Crippen LogP contribution in [0.25, 0.3) is 0 Å². The highest BCUT2D eigenvalue weighted by Crippen LogP contribution is 2.25. The summed E-state index contributed by atoms with van der Waals surface area (Å²) in [5.41, 5.74) is 0.295. The number of esters is 1. The molecule has 16 heavy (non-hydrogen) atoms. The molecule has 0 radical (unpaired) electrons. The fourth-order valence-corrected chi connectivity index (χ4v) is 1.17. The topological polar surface area (TPSA) is 55.8 Å². The zero-order valence-corrected chi connectivity index (χ0v) is 9.07. The molecule has 1 rings (SSSR count). The standard InChI is InChI=1S/C11H13FO4/c1-7(13)9-5-8(12)3-4-10(9)16-6-11(14)15-2/h3-5,7,13H,6H2,1-2H3. The van der Waals surface area contributed by atoms with Gasteiger partial charge >= 0.3 is 5.97 Å². The minimum absolute atomic E-state index is 0.266. The molecule has 1 N–H and O–H groups in total. The van der Waals surface area contributed by atoms with Gasteiger partial charge in [0.05, 0.1) is 13.2 Å². The van der Waals surface area contributed by atoms with E-state index in [1.807, 2.05) is 0 Å². The lowest BCUT2D eigenvalue weighted by Crippen LogP contribution is -2.13. The number of rotatable bonds is 4. The van der Waals surface area contributed by atoms with Crippen molar-refractivity contribution in [3.05, 3.63) is 29.6 Å². The monoisotopic (exact) mass is 228 g/mol. The number of halogens is 1. The molecule has 0 bridgehead atoms. The largest absolute Gasteiger partial charge is 0.482 e. The zero-order chi connectivity index (χ0) is 12.1. The molecular weight excluding hydrogens is 215 g/mol. The lowest BCUT2D eigenvalue weighted by molar-refractivity contribution is -0.142. The van der Waals surface area contributed by atoms with Crippen LogP contribution in [0.4, 0.5) is 4.39 Å². The molecule has 0 saturated carbocycles. The van der Waals surface area contributed by atoms with Crippen LogP contribution < -0.4 is 4.74 Å². The number of carbonyl (C=O) groups is 1. The van der Waals surface area contributed by atoms with Crippen LogP contribution in [0.5, 0.6) is 5.75 Å². The van der Waals surface area contributed by atoms with Crippen LogP contribution in [-0.4, -0.2) is 24.8 Å². The molecule has 5 heteroatoms. The van der Waals surface area contributed by atoms with Crippen molar-refractivity contribution in [2.24, 2.45) is 0 Å². The minimum atomic E-state index is -0.872. The van der Waals surface area contributed by atoms with E-state index < -0.39 is 17.9 Å². The van der Waals surface area contributed by atoms with Gasteiger partial charge in [0.1, 0.15) is 11.6 Å². The molecule has 1 atom stereocenters. The number of ether oxygens (including phenoxy) is 2. The normalized spacial score (nSPS) is 12.0. The summed E-state index contributed by atoms with van der Waals surface area (Å²) in [6.45, 7) is 1.21. The van der Waals surface area contributed by atoms with Crippen LogP contribution in [0.2, 0.25) is 0 Å². The van der Waals surface area contributed by atoms with Gasteiger partial charge in [-0.25, -0.2) is 9.18 Å². The van der Waals surface area contributed by atoms with Crippen molar-refractivity contribution in [3.63, 3.8) is 0 Å². The maximum Gasteiger partial charge on any atom is 0.343 e. The Morgan fingerprint density at radius 1 is 1.56 bits per heavy atom. The summed E-state index contributed by atoms with van der Waals surface area (Å²) in [7, 11) is 1.24. The summed E-state index contributed by atoms with van der Waals surface area (Å²) in [4.78, 5) is 10.8. The maximum absolute atomic E-state index is 12.9. The zero-order valence-electron chi connectivity index (χ0n) is 9.07. The molecule has 1 aromatic carbocycles. The minimum Gasteiger partial charge on any atom is -0.482 e. The van der Waals surface area contributed by atoms with Crippen molar-refractivity contribution in [1.82, 2.24) is 0 Å². The van der Waals surface area contributed by atoms with E-state index in [-0.39, 0.29) is 12.4 Å². The van der Waals surface area contributed by atoms with E-state index in [0.29, 0.717) is 5.56 Å². The third-order valence-electron chi connectivity index (χ3n) is 2.00. The van der Waals surface area contributed by atoms with Gasteiger partial charge in [-0.1, -0.05) is 0 Å². The predicted molar refractivity (Wildman–Crippen MR) is 54.5 cm³/mol. The summed E-state index contributed by atoms with van der Waals surface area (Å²) >= 11 is 0. The summed E-state index contributed by atoms with van der Waals surface area (Å²) in [5.74, 6) is -0.746. The summed E-state index contributed by atoms with van der Waals surface area (Å²) < 4.78 is 22.4. The fourth-order valence-electron chi connectivity index (χ4n) is 1.17. The van der Waals surface area contributed by atoms with Gasteiger partial charge in [0.15, 0.2) is 6.61 Å². The number of benzene rings is 1. The Bertz CT molecular complexity index is 376. The van der Waals surface area contributed by atoms with Crippen molar-refractivity contribution in [2.75, 3.05) is 13.7 Å². The third kappa shape index (κ3) is 3.20. The molecule has 0 saturated heterocycles. The van der Waals surface area contributed by atoms with Gasteiger partial charge in [-0.05, 0) is 25.1 Å². The molecule has 0 fully saturated rings. The summed E-state index contributed by atoms with van der Waals surface area (Å²) in [6.07, 6.45) is -0.872. The summed E-state index contributed by atoms with van der Waals surface area (Å²) in [5, 5.41) is 9.39. The van der Waals surface area contributed by atoms with Gasteiger partial charge in [0, 0.05) is 5.56 Å². The number of aliphatic hydroxyl groups excluding tert-OH is 1. The third-order valence-corrected chi connectivity index (χ3v) is 2.00. The van der Waals surface area contributed by atoms with E-state index in [0.717, 1.165) is 6.07 Å². The Hall–Kier alpha value is -1.62. The fraction of sp³-hybridized carbons (Fsp3) is 0.364. The second-order valence-corrected chi connectivity index (χ2v) is 3.22. The second-order valence-electron chi connectivity index (χ2n) is 3.22. The SMILES string of the molecule is COC(=O)COc1ccc(F)cc1C(C)O. The smallest absolute Gasteiger partial charge is 0.343 e. The van der Waals surface area contributed by atoms with Crippen molar-refractivity contribution in [3.8, 4) is 5.75 Å². The molecule has 0 aliphatic carbocycles. The highest BCUT2D eigenvalue weighted by molar-refractivity contribution is 5.70. The molecule has 0 heterocycles. The van der Waals surface area contributed by atoms with Gasteiger partial charge in [-0.15, -0.1) is 0 Å². The molecule has 0 aromatic heterocycles. The van der Waals surface area contributed by atoms with Crippen LogP contribution >= 0.6 is 0 Å². The Labute approximate surface area is 92.6 Å². The molecule has 1 aromatic rings. The average Bonchev–Trinajstić information content (AvgIpc) is 2.26. The highest BCUT2D eigenvalue weighted by atomic mass is 19.1. The quantitative estimate of drug-likeness (QED) is 0.792. The van der Waals surface area contributed by atoms with Gasteiger partial charge in [-0.2, -0.15) is 0 Å². The number of hydrogen-bond acceptors (Lipinski definition) is 4. The molecule has 0 aliphatic heterocycles. The van der Waals surface area contributed by atoms with E-state index in [9.17, 15) is 14.3 Å². The Morgan fingerprint density at radius 3 is 2.81 bits per heavy atom. The molecule has 0 aliphatic rings. The van der Waals surface area contributed by atoms with Crippen LogP contribution in [-0.2, 0) is 9.53 Å². The number of methoxy groups -OCH3 is 1. The van der Waals surface area contributed by atoms with Crippen molar-refractivity contribution in [1.29, 1.82) is 0 Å². The Balaban J connectivity index is 2.82. The van der Waals surface area contributed by atoms with Crippen molar-refractivity contribution >= 4 is 5.97 Å². The number of aliphatic hydroxyl groups is 1. The van der Waals surface area contributed by atoms with E-state index >= 15 is 0 Å². The molecule has 0 amide bonds. The summed E-state index contributed by atoms with van der Waals surface area (Å²) in [6, 6.07) is 3.72. The first-order valence-corrected chi connectivity index (χ1v) is 4.71. The second kappa shape index (κ2) is 5.46. The van der Waals surface area contributed by atoms with Crippen LogP contribution in [0.3, 0.4) is 0 Å². The van der Waals surface area contributed by atoms with E-state index in [1.54, 1.807) is 0 Å².